The first-order chi connectivity index (χ1) is 14.8. The van der Waals surface area contributed by atoms with E-state index in [9.17, 15) is 0 Å². The zero-order valence-electron chi connectivity index (χ0n) is 18.1. The van der Waals surface area contributed by atoms with Crippen LogP contribution in [-0.4, -0.2) is 53.3 Å². The van der Waals surface area contributed by atoms with E-state index in [0.717, 1.165) is 69.4 Å². The van der Waals surface area contributed by atoms with E-state index >= 15 is 0 Å². The average molecular weight is 408 g/mol. The summed E-state index contributed by atoms with van der Waals surface area (Å²) in [7, 11) is 0. The molecular weight excluding hydrogens is 374 g/mol. The monoisotopic (exact) mass is 407 g/mol. The van der Waals surface area contributed by atoms with Gasteiger partial charge < -0.3 is 15.5 Å². The zero-order valence-corrected chi connectivity index (χ0v) is 18.1. The Morgan fingerprint density at radius 3 is 2.63 bits per heavy atom. The molecule has 0 bridgehead atoms. The molecular formula is C23H33N7. The summed E-state index contributed by atoms with van der Waals surface area (Å²) < 4.78 is 2.05. The van der Waals surface area contributed by atoms with Gasteiger partial charge in [-0.05, 0) is 51.0 Å². The maximum atomic E-state index is 4.73. The van der Waals surface area contributed by atoms with E-state index in [1.165, 1.54) is 5.69 Å². The lowest BCUT2D eigenvalue weighted by atomic mass is 10.2. The summed E-state index contributed by atoms with van der Waals surface area (Å²) in [5.41, 5.74) is 2.17. The van der Waals surface area contributed by atoms with E-state index in [4.69, 9.17) is 4.99 Å². The minimum absolute atomic E-state index is 0.799. The topological polar surface area (TPSA) is 69.8 Å². The number of nitrogens with one attached hydrogen (secondary N) is 2. The summed E-state index contributed by atoms with van der Waals surface area (Å²) in [5.74, 6) is 1.88. The van der Waals surface area contributed by atoms with E-state index in [0.29, 0.717) is 0 Å². The van der Waals surface area contributed by atoms with Crippen molar-refractivity contribution in [2.75, 3.05) is 37.6 Å². The van der Waals surface area contributed by atoms with Crippen LogP contribution < -0.4 is 15.5 Å². The number of fused-ring (bicyclic) bond motifs is 1. The van der Waals surface area contributed by atoms with Crippen LogP contribution in [0.4, 0.5) is 5.69 Å². The second-order valence-electron chi connectivity index (χ2n) is 7.10. The molecule has 2 N–H and O–H groups in total. The van der Waals surface area contributed by atoms with Gasteiger partial charge in [0, 0.05) is 51.0 Å². The molecule has 2 heterocycles. The Labute approximate surface area is 179 Å². The molecule has 30 heavy (non-hydrogen) atoms. The zero-order chi connectivity index (χ0) is 21.0. The fourth-order valence-corrected chi connectivity index (χ4v) is 3.42. The van der Waals surface area contributed by atoms with Gasteiger partial charge in [0.25, 0.3) is 0 Å². The van der Waals surface area contributed by atoms with Gasteiger partial charge in [0.05, 0.1) is 0 Å². The van der Waals surface area contributed by atoms with Crippen LogP contribution in [0.3, 0.4) is 0 Å². The SMILES string of the molecule is CCNC(=NCCCN(CC)c1ccccc1)NCCCc1nnc2ccccn12. The number of para-hydroxylation sites is 1. The number of aromatic nitrogens is 3. The highest BCUT2D eigenvalue weighted by molar-refractivity contribution is 5.79. The molecule has 0 aliphatic heterocycles. The van der Waals surface area contributed by atoms with Crippen molar-refractivity contribution in [2.24, 2.45) is 4.99 Å². The van der Waals surface area contributed by atoms with Crippen LogP contribution in [0.5, 0.6) is 0 Å². The first-order valence-corrected chi connectivity index (χ1v) is 10.9. The van der Waals surface area contributed by atoms with Crippen molar-refractivity contribution in [3.8, 4) is 0 Å². The maximum Gasteiger partial charge on any atom is 0.191 e. The van der Waals surface area contributed by atoms with E-state index in [1.54, 1.807) is 0 Å². The van der Waals surface area contributed by atoms with Gasteiger partial charge in [0.15, 0.2) is 11.6 Å². The number of benzene rings is 1. The standard InChI is InChI=1S/C23H33N7/c1-3-24-23(26-17-11-18-29(4-2)20-12-6-5-7-13-20)25-16-10-15-22-28-27-21-14-8-9-19-30(21)22/h5-9,12-14,19H,3-4,10-11,15-18H2,1-2H3,(H2,24,25,26). The van der Waals surface area contributed by atoms with E-state index in [2.05, 4.69) is 69.9 Å². The van der Waals surface area contributed by atoms with E-state index in [1.807, 2.05) is 28.8 Å². The Morgan fingerprint density at radius 1 is 1.00 bits per heavy atom. The molecule has 0 unspecified atom stereocenters. The van der Waals surface area contributed by atoms with Crippen LogP contribution in [0.1, 0.15) is 32.5 Å². The van der Waals surface area contributed by atoms with Crippen molar-refractivity contribution in [1.29, 1.82) is 0 Å². The number of aliphatic imine (C=N–C) groups is 1. The lowest BCUT2D eigenvalue weighted by Crippen LogP contribution is -2.38. The molecule has 7 heteroatoms. The fourth-order valence-electron chi connectivity index (χ4n) is 3.42. The molecule has 0 saturated heterocycles. The van der Waals surface area contributed by atoms with Crippen LogP contribution in [0, 0.1) is 0 Å². The Kier molecular flexibility index (Phi) is 8.50. The van der Waals surface area contributed by atoms with Gasteiger partial charge in [-0.2, -0.15) is 0 Å². The van der Waals surface area contributed by atoms with Crippen LogP contribution in [0.15, 0.2) is 59.7 Å². The third-order valence-corrected chi connectivity index (χ3v) is 4.96. The molecule has 0 aliphatic carbocycles. The van der Waals surface area contributed by atoms with Gasteiger partial charge in [0.2, 0.25) is 0 Å². The van der Waals surface area contributed by atoms with Crippen molar-refractivity contribution in [3.05, 3.63) is 60.6 Å². The summed E-state index contributed by atoms with van der Waals surface area (Å²) >= 11 is 0. The number of hydrogen-bond donors (Lipinski definition) is 2. The van der Waals surface area contributed by atoms with Gasteiger partial charge >= 0.3 is 0 Å². The Hall–Kier alpha value is -3.09. The third kappa shape index (κ3) is 6.20. The van der Waals surface area contributed by atoms with Gasteiger partial charge in [-0.3, -0.25) is 9.39 Å². The maximum absolute atomic E-state index is 4.73. The van der Waals surface area contributed by atoms with E-state index < -0.39 is 0 Å². The van der Waals surface area contributed by atoms with Crippen LogP contribution >= 0.6 is 0 Å². The molecule has 0 radical (unpaired) electrons. The van der Waals surface area contributed by atoms with E-state index in [-0.39, 0.29) is 0 Å². The van der Waals surface area contributed by atoms with Crippen LogP contribution in [-0.2, 0) is 6.42 Å². The molecule has 0 aliphatic rings. The molecule has 0 fully saturated rings. The van der Waals surface area contributed by atoms with Crippen molar-refractivity contribution in [1.82, 2.24) is 25.2 Å². The number of nitrogens with zero attached hydrogens (tertiary/aromatic N) is 5. The molecule has 0 spiro atoms. The molecule has 0 saturated carbocycles. The second kappa shape index (κ2) is 11.8. The first-order valence-electron chi connectivity index (χ1n) is 10.9. The van der Waals surface area contributed by atoms with Gasteiger partial charge in [-0.25, -0.2) is 0 Å². The number of rotatable bonds is 11. The number of pyridine rings is 1. The first kappa shape index (κ1) is 21.6. The molecule has 2 aromatic heterocycles. The lowest BCUT2D eigenvalue weighted by Gasteiger charge is -2.22. The summed E-state index contributed by atoms with van der Waals surface area (Å²) in [6.07, 6.45) is 4.88. The highest BCUT2D eigenvalue weighted by Gasteiger charge is 2.05. The highest BCUT2D eigenvalue weighted by atomic mass is 15.2. The number of guanidine groups is 1. The molecule has 0 amide bonds. The number of anilines is 1. The highest BCUT2D eigenvalue weighted by Crippen LogP contribution is 2.12. The fraction of sp³-hybridized carbons (Fsp3) is 0.435. The predicted molar refractivity (Wildman–Crippen MR) is 124 cm³/mol. The Balaban J connectivity index is 1.41. The van der Waals surface area contributed by atoms with Crippen molar-refractivity contribution >= 4 is 17.3 Å². The molecule has 160 valence electrons. The van der Waals surface area contributed by atoms with Gasteiger partial charge in [-0.15, -0.1) is 10.2 Å². The lowest BCUT2D eigenvalue weighted by molar-refractivity contribution is 0.708. The van der Waals surface area contributed by atoms with Crippen molar-refractivity contribution in [2.45, 2.75) is 33.1 Å². The minimum Gasteiger partial charge on any atom is -0.372 e. The molecule has 3 rings (SSSR count). The van der Waals surface area contributed by atoms with Gasteiger partial charge in [-0.1, -0.05) is 24.3 Å². The quantitative estimate of drug-likeness (QED) is 0.290. The van der Waals surface area contributed by atoms with Crippen LogP contribution in [0.25, 0.3) is 5.65 Å². The van der Waals surface area contributed by atoms with Crippen LogP contribution in [0.2, 0.25) is 0 Å². The molecule has 7 nitrogen and oxygen atoms in total. The minimum atomic E-state index is 0.799. The normalized spacial score (nSPS) is 11.6. The third-order valence-electron chi connectivity index (χ3n) is 4.96. The number of hydrogen-bond acceptors (Lipinski definition) is 4. The Bertz CT molecular complexity index is 904. The van der Waals surface area contributed by atoms with Crippen molar-refractivity contribution < 1.29 is 0 Å². The van der Waals surface area contributed by atoms with Crippen molar-refractivity contribution in [3.63, 3.8) is 0 Å². The number of aryl methyl sites for hydroxylation is 1. The Morgan fingerprint density at radius 2 is 1.83 bits per heavy atom. The molecule has 1 aromatic carbocycles. The summed E-state index contributed by atoms with van der Waals surface area (Å²) in [6, 6.07) is 16.5. The summed E-state index contributed by atoms with van der Waals surface area (Å²) in [6.45, 7) is 8.79. The molecule has 0 atom stereocenters. The summed E-state index contributed by atoms with van der Waals surface area (Å²) in [5, 5.41) is 15.3. The summed E-state index contributed by atoms with van der Waals surface area (Å²) in [4.78, 5) is 7.12. The van der Waals surface area contributed by atoms with Gasteiger partial charge in [0.1, 0.15) is 5.82 Å². The second-order valence-corrected chi connectivity index (χ2v) is 7.10. The predicted octanol–water partition coefficient (Wildman–Crippen LogP) is 3.13. The molecule has 3 aromatic rings. The largest absolute Gasteiger partial charge is 0.372 e. The smallest absolute Gasteiger partial charge is 0.191 e. The average Bonchev–Trinajstić information content (AvgIpc) is 3.20.